The van der Waals surface area contributed by atoms with Crippen molar-refractivity contribution >= 4 is 5.95 Å². The molecule has 1 aromatic heterocycles. The summed E-state index contributed by atoms with van der Waals surface area (Å²) in [6.45, 7) is 6.89. The molecule has 0 spiro atoms. The first kappa shape index (κ1) is 14.1. The molecule has 3 atom stereocenters. The number of anilines is 1. The second-order valence-electron chi connectivity index (χ2n) is 5.95. The van der Waals surface area contributed by atoms with Crippen LogP contribution in [0.3, 0.4) is 0 Å². The average Bonchev–Trinajstić information content (AvgIpc) is 2.38. The summed E-state index contributed by atoms with van der Waals surface area (Å²) in [5.41, 5.74) is 0. The van der Waals surface area contributed by atoms with E-state index >= 15 is 0 Å². The molecular weight excluding hydrogens is 238 g/mol. The van der Waals surface area contributed by atoms with Crippen molar-refractivity contribution in [2.75, 3.05) is 12.4 Å². The van der Waals surface area contributed by atoms with Crippen LogP contribution in [-0.2, 0) is 0 Å². The minimum absolute atomic E-state index is 0.281. The molecule has 1 saturated carbocycles. The maximum atomic E-state index is 6.15. The van der Waals surface area contributed by atoms with E-state index in [9.17, 15) is 0 Å². The van der Waals surface area contributed by atoms with Crippen molar-refractivity contribution in [2.45, 2.75) is 46.1 Å². The van der Waals surface area contributed by atoms with Crippen molar-refractivity contribution in [3.05, 3.63) is 12.3 Å². The SMILES string of the molecule is CNc1nccc(OC2CC(C)CCC2C(C)C)n1. The molecule has 0 saturated heterocycles. The van der Waals surface area contributed by atoms with Gasteiger partial charge in [0, 0.05) is 19.3 Å². The molecule has 1 aliphatic rings. The summed E-state index contributed by atoms with van der Waals surface area (Å²) in [6.07, 6.45) is 5.72. The molecule has 1 N–H and O–H groups in total. The van der Waals surface area contributed by atoms with Crippen LogP contribution in [0, 0.1) is 17.8 Å². The monoisotopic (exact) mass is 263 g/mol. The molecular formula is C15H25N3O. The number of ether oxygens (including phenoxy) is 1. The van der Waals surface area contributed by atoms with Crippen LogP contribution < -0.4 is 10.1 Å². The second-order valence-corrected chi connectivity index (χ2v) is 5.95. The van der Waals surface area contributed by atoms with Gasteiger partial charge >= 0.3 is 0 Å². The summed E-state index contributed by atoms with van der Waals surface area (Å²) in [5, 5.41) is 2.95. The Morgan fingerprint density at radius 2 is 2.16 bits per heavy atom. The van der Waals surface area contributed by atoms with E-state index in [2.05, 4.69) is 36.1 Å². The fourth-order valence-corrected chi connectivity index (χ4v) is 2.93. The largest absolute Gasteiger partial charge is 0.474 e. The Hall–Kier alpha value is -1.32. The zero-order valence-electron chi connectivity index (χ0n) is 12.4. The third-order valence-corrected chi connectivity index (χ3v) is 4.09. The van der Waals surface area contributed by atoms with Crippen LogP contribution in [0.15, 0.2) is 12.3 Å². The van der Waals surface area contributed by atoms with Gasteiger partial charge in [-0.2, -0.15) is 4.98 Å². The number of hydrogen-bond donors (Lipinski definition) is 1. The normalized spacial score (nSPS) is 27.3. The maximum absolute atomic E-state index is 6.15. The first-order valence-corrected chi connectivity index (χ1v) is 7.27. The summed E-state index contributed by atoms with van der Waals surface area (Å²) >= 11 is 0. The third-order valence-electron chi connectivity index (χ3n) is 4.09. The molecule has 0 bridgehead atoms. The van der Waals surface area contributed by atoms with E-state index in [1.165, 1.54) is 12.8 Å². The van der Waals surface area contributed by atoms with Gasteiger partial charge in [0.25, 0.3) is 0 Å². The predicted molar refractivity (Wildman–Crippen MR) is 77.3 cm³/mol. The van der Waals surface area contributed by atoms with Gasteiger partial charge in [-0.15, -0.1) is 0 Å². The van der Waals surface area contributed by atoms with Crippen molar-refractivity contribution in [2.24, 2.45) is 17.8 Å². The molecule has 1 heterocycles. The van der Waals surface area contributed by atoms with Crippen molar-refractivity contribution < 1.29 is 4.74 Å². The van der Waals surface area contributed by atoms with Crippen molar-refractivity contribution in [1.29, 1.82) is 0 Å². The average molecular weight is 263 g/mol. The lowest BCUT2D eigenvalue weighted by atomic mass is 9.75. The topological polar surface area (TPSA) is 47.0 Å². The van der Waals surface area contributed by atoms with Crippen LogP contribution in [0.5, 0.6) is 5.88 Å². The highest BCUT2D eigenvalue weighted by Crippen LogP contribution is 2.35. The molecule has 3 unspecified atom stereocenters. The minimum atomic E-state index is 0.281. The molecule has 4 heteroatoms. The second kappa shape index (κ2) is 6.22. The lowest BCUT2D eigenvalue weighted by Gasteiger charge is -2.36. The fraction of sp³-hybridized carbons (Fsp3) is 0.733. The quantitative estimate of drug-likeness (QED) is 0.905. The van der Waals surface area contributed by atoms with Gasteiger partial charge in [0.1, 0.15) is 6.10 Å². The predicted octanol–water partition coefficient (Wildman–Crippen LogP) is 3.36. The summed E-state index contributed by atoms with van der Waals surface area (Å²) in [4.78, 5) is 8.48. The van der Waals surface area contributed by atoms with E-state index in [0.29, 0.717) is 23.7 Å². The highest BCUT2D eigenvalue weighted by molar-refractivity contribution is 5.26. The van der Waals surface area contributed by atoms with Gasteiger partial charge in [-0.05, 0) is 30.6 Å². The van der Waals surface area contributed by atoms with E-state index in [4.69, 9.17) is 4.74 Å². The van der Waals surface area contributed by atoms with Crippen LogP contribution in [0.4, 0.5) is 5.95 Å². The number of nitrogens with one attached hydrogen (secondary N) is 1. The Bertz CT molecular complexity index is 408. The first-order chi connectivity index (χ1) is 9.10. The zero-order chi connectivity index (χ0) is 13.8. The molecule has 19 heavy (non-hydrogen) atoms. The number of rotatable bonds is 4. The number of nitrogens with zero attached hydrogens (tertiary/aromatic N) is 2. The molecule has 0 amide bonds. The molecule has 106 valence electrons. The summed E-state index contributed by atoms with van der Waals surface area (Å²) in [5.74, 6) is 3.32. The van der Waals surface area contributed by atoms with Crippen LogP contribution in [0.1, 0.15) is 40.0 Å². The Balaban J connectivity index is 2.09. The van der Waals surface area contributed by atoms with Gasteiger partial charge in [-0.3, -0.25) is 0 Å². The van der Waals surface area contributed by atoms with Gasteiger partial charge in [-0.1, -0.05) is 27.2 Å². The molecule has 1 fully saturated rings. The highest BCUT2D eigenvalue weighted by atomic mass is 16.5. The smallest absolute Gasteiger partial charge is 0.225 e. The van der Waals surface area contributed by atoms with Crippen LogP contribution >= 0.6 is 0 Å². The molecule has 0 aliphatic heterocycles. The zero-order valence-corrected chi connectivity index (χ0v) is 12.4. The lowest BCUT2D eigenvalue weighted by molar-refractivity contribution is 0.0427. The fourth-order valence-electron chi connectivity index (χ4n) is 2.93. The Morgan fingerprint density at radius 1 is 1.37 bits per heavy atom. The van der Waals surface area contributed by atoms with E-state index in [-0.39, 0.29) is 6.10 Å². The first-order valence-electron chi connectivity index (χ1n) is 7.27. The standard InChI is InChI=1S/C15H25N3O/c1-10(2)12-6-5-11(3)9-13(12)19-14-7-8-17-15(16-4)18-14/h7-8,10-13H,5-6,9H2,1-4H3,(H,16,17,18). The van der Waals surface area contributed by atoms with Gasteiger partial charge in [0.2, 0.25) is 11.8 Å². The summed E-state index contributed by atoms with van der Waals surface area (Å²) in [7, 11) is 1.82. The number of hydrogen-bond acceptors (Lipinski definition) is 4. The Labute approximate surface area is 116 Å². The third kappa shape index (κ3) is 3.58. The molecule has 2 rings (SSSR count). The van der Waals surface area contributed by atoms with Crippen molar-refractivity contribution in [1.82, 2.24) is 9.97 Å². The van der Waals surface area contributed by atoms with Crippen molar-refractivity contribution in [3.8, 4) is 5.88 Å². The molecule has 4 nitrogen and oxygen atoms in total. The van der Waals surface area contributed by atoms with Crippen LogP contribution in [0.25, 0.3) is 0 Å². The highest BCUT2D eigenvalue weighted by Gasteiger charge is 2.32. The number of aromatic nitrogens is 2. The van der Waals surface area contributed by atoms with E-state index in [1.54, 1.807) is 6.20 Å². The van der Waals surface area contributed by atoms with Gasteiger partial charge in [0.15, 0.2) is 0 Å². The van der Waals surface area contributed by atoms with E-state index in [0.717, 1.165) is 12.3 Å². The molecule has 1 aromatic rings. The summed E-state index contributed by atoms with van der Waals surface area (Å²) in [6, 6.07) is 1.84. The van der Waals surface area contributed by atoms with E-state index in [1.807, 2.05) is 13.1 Å². The minimum Gasteiger partial charge on any atom is -0.474 e. The van der Waals surface area contributed by atoms with Gasteiger partial charge in [0.05, 0.1) is 0 Å². The Kier molecular flexibility index (Phi) is 4.61. The molecule has 0 radical (unpaired) electrons. The van der Waals surface area contributed by atoms with Crippen LogP contribution in [-0.4, -0.2) is 23.1 Å². The van der Waals surface area contributed by atoms with Crippen molar-refractivity contribution in [3.63, 3.8) is 0 Å². The lowest BCUT2D eigenvalue weighted by Crippen LogP contribution is -2.36. The molecule has 0 aromatic carbocycles. The van der Waals surface area contributed by atoms with Gasteiger partial charge in [-0.25, -0.2) is 4.98 Å². The van der Waals surface area contributed by atoms with Crippen LogP contribution in [0.2, 0.25) is 0 Å². The Morgan fingerprint density at radius 3 is 2.84 bits per heavy atom. The van der Waals surface area contributed by atoms with E-state index < -0.39 is 0 Å². The summed E-state index contributed by atoms with van der Waals surface area (Å²) < 4.78 is 6.15. The van der Waals surface area contributed by atoms with Gasteiger partial charge < -0.3 is 10.1 Å². The molecule has 1 aliphatic carbocycles. The maximum Gasteiger partial charge on any atom is 0.225 e.